The molecule has 6 nitrogen and oxygen atoms in total. The van der Waals surface area contributed by atoms with Crippen LogP contribution in [-0.4, -0.2) is 24.0 Å². The second-order valence-electron chi connectivity index (χ2n) is 3.66. The number of carbonyl (C=O) groups is 1. The lowest BCUT2D eigenvalue weighted by atomic mass is 10.1. The maximum Gasteiger partial charge on any atom is 0.305 e. The summed E-state index contributed by atoms with van der Waals surface area (Å²) in [5.41, 5.74) is -1.92. The predicted molar refractivity (Wildman–Crippen MR) is 66.1 cm³/mol. The van der Waals surface area contributed by atoms with Gasteiger partial charge in [0.1, 0.15) is 11.4 Å². The average molecular weight is 286 g/mol. The molecule has 108 valence electrons. The van der Waals surface area contributed by atoms with E-state index in [0.717, 1.165) is 0 Å². The summed E-state index contributed by atoms with van der Waals surface area (Å²) in [5.74, 6) is -3.70. The molecule has 0 bridgehead atoms. The minimum atomic E-state index is -1.49. The molecule has 20 heavy (non-hydrogen) atoms. The van der Waals surface area contributed by atoms with Crippen molar-refractivity contribution in [3.63, 3.8) is 0 Å². The van der Waals surface area contributed by atoms with Crippen molar-refractivity contribution in [1.82, 2.24) is 5.32 Å². The fraction of sp³-hybridized carbons (Fsp3) is 0.250. The summed E-state index contributed by atoms with van der Waals surface area (Å²) in [6, 6.07) is 1.34. The number of nitrogens with one attached hydrogen (secondary N) is 1. The molecule has 0 aliphatic carbocycles. The minimum absolute atomic E-state index is 0.105. The number of benzene rings is 1. The summed E-state index contributed by atoms with van der Waals surface area (Å²) in [6.07, 6.45) is 1.62. The number of amides is 1. The van der Waals surface area contributed by atoms with Crippen molar-refractivity contribution < 1.29 is 23.2 Å². The van der Waals surface area contributed by atoms with Gasteiger partial charge in [-0.1, -0.05) is 6.58 Å². The molecule has 8 heteroatoms. The summed E-state index contributed by atoms with van der Waals surface area (Å²) in [4.78, 5) is 21.1. The number of nitrogens with zero attached hydrogens (tertiary/aromatic N) is 1. The first kappa shape index (κ1) is 15.5. The van der Waals surface area contributed by atoms with Crippen LogP contribution in [0, 0.1) is 21.7 Å². The fourth-order valence-electron chi connectivity index (χ4n) is 1.42. The van der Waals surface area contributed by atoms with Gasteiger partial charge in [-0.05, 0) is 12.5 Å². The maximum absolute atomic E-state index is 13.7. The van der Waals surface area contributed by atoms with Crippen molar-refractivity contribution in [2.24, 2.45) is 0 Å². The Bertz CT molecular complexity index is 534. The monoisotopic (exact) mass is 286 g/mol. The van der Waals surface area contributed by atoms with Gasteiger partial charge < -0.3 is 10.1 Å². The number of rotatable bonds is 7. The van der Waals surface area contributed by atoms with Crippen LogP contribution in [0.25, 0.3) is 0 Å². The summed E-state index contributed by atoms with van der Waals surface area (Å²) in [7, 11) is 0. The molecule has 0 heterocycles. The second-order valence-corrected chi connectivity index (χ2v) is 3.66. The second kappa shape index (κ2) is 7.17. The van der Waals surface area contributed by atoms with Gasteiger partial charge in [0.05, 0.1) is 17.8 Å². The molecule has 0 aliphatic rings. The smallest absolute Gasteiger partial charge is 0.305 e. The van der Waals surface area contributed by atoms with Crippen molar-refractivity contribution in [2.75, 3.05) is 13.2 Å². The summed E-state index contributed by atoms with van der Waals surface area (Å²) < 4.78 is 31.9. The summed E-state index contributed by atoms with van der Waals surface area (Å²) in [6.45, 7) is 3.70. The Morgan fingerprint density at radius 1 is 1.50 bits per heavy atom. The first-order valence-corrected chi connectivity index (χ1v) is 5.62. The molecular weight excluding hydrogens is 274 g/mol. The first-order chi connectivity index (χ1) is 9.49. The molecule has 1 N–H and O–H groups in total. The van der Waals surface area contributed by atoms with Crippen molar-refractivity contribution in [3.05, 3.63) is 52.3 Å². The van der Waals surface area contributed by atoms with Gasteiger partial charge in [0.2, 0.25) is 5.82 Å². The largest absolute Gasteiger partial charge is 0.502 e. The number of ether oxygens (including phenoxy) is 1. The van der Waals surface area contributed by atoms with E-state index in [1.807, 2.05) is 0 Å². The Labute approximate surface area is 113 Å². The molecule has 0 unspecified atom stereocenters. The zero-order valence-electron chi connectivity index (χ0n) is 10.4. The van der Waals surface area contributed by atoms with Crippen LogP contribution in [0.2, 0.25) is 0 Å². The third-order valence-corrected chi connectivity index (χ3v) is 2.34. The predicted octanol–water partition coefficient (Wildman–Crippen LogP) is 2.15. The van der Waals surface area contributed by atoms with E-state index in [4.69, 9.17) is 4.74 Å². The van der Waals surface area contributed by atoms with E-state index in [9.17, 15) is 23.7 Å². The highest BCUT2D eigenvalue weighted by atomic mass is 19.1. The quantitative estimate of drug-likeness (QED) is 0.360. The zero-order chi connectivity index (χ0) is 15.1. The molecular formula is C12H12F2N2O4. The minimum Gasteiger partial charge on any atom is -0.502 e. The van der Waals surface area contributed by atoms with Crippen LogP contribution in [0.5, 0.6) is 0 Å². The van der Waals surface area contributed by atoms with Crippen molar-refractivity contribution in [2.45, 2.75) is 6.42 Å². The third-order valence-electron chi connectivity index (χ3n) is 2.34. The SMILES string of the molecule is C=COCCCNC(=O)c1c(F)ccc([N+](=O)[O-])c1F. The number of hydrogen-bond donors (Lipinski definition) is 1. The van der Waals surface area contributed by atoms with Crippen LogP contribution in [0.4, 0.5) is 14.5 Å². The van der Waals surface area contributed by atoms with E-state index >= 15 is 0 Å². The fourth-order valence-corrected chi connectivity index (χ4v) is 1.42. The van der Waals surface area contributed by atoms with E-state index in [0.29, 0.717) is 18.6 Å². The Kier molecular flexibility index (Phi) is 5.57. The number of carbonyl (C=O) groups excluding carboxylic acids is 1. The highest BCUT2D eigenvalue weighted by molar-refractivity contribution is 5.95. The third kappa shape index (κ3) is 3.74. The topological polar surface area (TPSA) is 81.5 Å². The van der Waals surface area contributed by atoms with Crippen LogP contribution in [-0.2, 0) is 4.74 Å². The highest BCUT2D eigenvalue weighted by Crippen LogP contribution is 2.22. The number of nitro benzene ring substituents is 1. The van der Waals surface area contributed by atoms with Crippen molar-refractivity contribution in [1.29, 1.82) is 0 Å². The number of hydrogen-bond acceptors (Lipinski definition) is 4. The Morgan fingerprint density at radius 3 is 2.80 bits per heavy atom. The standard InChI is InChI=1S/C12H12F2N2O4/c1-2-20-7-3-6-15-12(17)10-8(13)4-5-9(11(10)14)16(18)19/h2,4-5H,1,3,6-7H2,(H,15,17). The Balaban J connectivity index is 2.79. The molecule has 0 spiro atoms. The molecule has 0 saturated heterocycles. The molecule has 1 aromatic rings. The molecule has 1 amide bonds. The molecule has 0 radical (unpaired) electrons. The Morgan fingerprint density at radius 2 is 2.20 bits per heavy atom. The van der Waals surface area contributed by atoms with E-state index in [1.54, 1.807) is 0 Å². The van der Waals surface area contributed by atoms with Gasteiger partial charge in [0.15, 0.2) is 0 Å². The van der Waals surface area contributed by atoms with E-state index < -0.39 is 33.7 Å². The molecule has 0 fully saturated rings. The zero-order valence-corrected chi connectivity index (χ0v) is 10.4. The van der Waals surface area contributed by atoms with Gasteiger partial charge in [-0.25, -0.2) is 4.39 Å². The lowest BCUT2D eigenvalue weighted by molar-refractivity contribution is -0.387. The van der Waals surface area contributed by atoms with Crippen molar-refractivity contribution in [3.8, 4) is 0 Å². The molecule has 0 aromatic heterocycles. The van der Waals surface area contributed by atoms with Crippen LogP contribution in [0.15, 0.2) is 25.0 Å². The van der Waals surface area contributed by atoms with Gasteiger partial charge in [-0.3, -0.25) is 14.9 Å². The molecule has 1 aromatic carbocycles. The van der Waals surface area contributed by atoms with E-state index in [1.165, 1.54) is 6.26 Å². The summed E-state index contributed by atoms with van der Waals surface area (Å²) in [5, 5.41) is 12.8. The normalized spacial score (nSPS) is 9.90. The van der Waals surface area contributed by atoms with Gasteiger partial charge in [0, 0.05) is 12.6 Å². The molecule has 0 atom stereocenters. The van der Waals surface area contributed by atoms with Crippen LogP contribution < -0.4 is 5.32 Å². The van der Waals surface area contributed by atoms with Crippen LogP contribution in [0.3, 0.4) is 0 Å². The number of halogens is 2. The molecule has 0 aliphatic heterocycles. The van der Waals surface area contributed by atoms with E-state index in [-0.39, 0.29) is 13.2 Å². The molecule has 0 saturated carbocycles. The lowest BCUT2D eigenvalue weighted by Gasteiger charge is -2.07. The van der Waals surface area contributed by atoms with E-state index in [2.05, 4.69) is 11.9 Å². The van der Waals surface area contributed by atoms with Crippen molar-refractivity contribution >= 4 is 11.6 Å². The average Bonchev–Trinajstić information content (AvgIpc) is 2.38. The van der Waals surface area contributed by atoms with Gasteiger partial charge in [0.25, 0.3) is 5.91 Å². The summed E-state index contributed by atoms with van der Waals surface area (Å²) >= 11 is 0. The highest BCUT2D eigenvalue weighted by Gasteiger charge is 2.25. The first-order valence-electron chi connectivity index (χ1n) is 5.62. The van der Waals surface area contributed by atoms with Gasteiger partial charge in [-0.2, -0.15) is 4.39 Å². The Hall–Kier alpha value is -2.51. The molecule has 1 rings (SSSR count). The lowest BCUT2D eigenvalue weighted by Crippen LogP contribution is -2.27. The van der Waals surface area contributed by atoms with Gasteiger partial charge >= 0.3 is 5.69 Å². The maximum atomic E-state index is 13.7. The van der Waals surface area contributed by atoms with Gasteiger partial charge in [-0.15, -0.1) is 0 Å². The van der Waals surface area contributed by atoms with Crippen LogP contribution in [0.1, 0.15) is 16.8 Å². The number of nitro groups is 1. The van der Waals surface area contributed by atoms with Crippen LogP contribution >= 0.6 is 0 Å².